The summed E-state index contributed by atoms with van der Waals surface area (Å²) in [5.41, 5.74) is 5.59. The van der Waals surface area contributed by atoms with Crippen LogP contribution < -0.4 is 19.7 Å². The Labute approximate surface area is 262 Å². The van der Waals surface area contributed by atoms with Crippen molar-refractivity contribution in [3.05, 3.63) is 66.2 Å². The van der Waals surface area contributed by atoms with Crippen molar-refractivity contribution >= 4 is 34.0 Å². The molecule has 0 radical (unpaired) electrons. The number of amides is 1. The fourth-order valence-corrected chi connectivity index (χ4v) is 6.80. The van der Waals surface area contributed by atoms with Crippen LogP contribution in [0.5, 0.6) is 11.5 Å². The third kappa shape index (κ3) is 5.25. The first-order valence-electron chi connectivity index (χ1n) is 15.5. The van der Waals surface area contributed by atoms with Gasteiger partial charge >= 0.3 is 0 Å². The van der Waals surface area contributed by atoms with Crippen LogP contribution in [0.1, 0.15) is 29.0 Å². The van der Waals surface area contributed by atoms with Crippen LogP contribution >= 0.6 is 0 Å². The molecule has 0 aliphatic carbocycles. The van der Waals surface area contributed by atoms with Gasteiger partial charge in [-0.1, -0.05) is 12.1 Å². The van der Waals surface area contributed by atoms with Crippen LogP contribution in [0.25, 0.3) is 27.7 Å². The number of imidazole rings is 1. The third-order valence-electron chi connectivity index (χ3n) is 9.25. The molecule has 45 heavy (non-hydrogen) atoms. The van der Waals surface area contributed by atoms with Gasteiger partial charge in [0.2, 0.25) is 5.95 Å². The Kier molecular flexibility index (Phi) is 7.80. The molecule has 5 aromatic rings. The number of benzene rings is 2. The van der Waals surface area contributed by atoms with Crippen LogP contribution in [0.4, 0.5) is 11.6 Å². The molecule has 0 unspecified atom stereocenters. The molecule has 0 spiro atoms. The molecule has 0 atom stereocenters. The molecule has 1 amide bonds. The molecule has 2 fully saturated rings. The topological polar surface area (TPSA) is 98.4 Å². The van der Waals surface area contributed by atoms with E-state index in [1.54, 1.807) is 14.2 Å². The number of nitrogens with zero attached hydrogens (tertiary/aromatic N) is 6. The quantitative estimate of drug-likeness (QED) is 0.282. The molecule has 2 aliphatic heterocycles. The van der Waals surface area contributed by atoms with Gasteiger partial charge in [-0.05, 0) is 50.1 Å². The van der Waals surface area contributed by atoms with Gasteiger partial charge in [-0.3, -0.25) is 19.1 Å². The maximum atomic E-state index is 13.5. The van der Waals surface area contributed by atoms with Crippen molar-refractivity contribution in [2.75, 3.05) is 63.8 Å². The van der Waals surface area contributed by atoms with Gasteiger partial charge in [-0.2, -0.15) is 0 Å². The molecule has 0 bridgehead atoms. The fraction of sp³-hybridized carbons (Fsp3) is 0.382. The van der Waals surface area contributed by atoms with Crippen molar-refractivity contribution in [2.45, 2.75) is 25.8 Å². The number of fused-ring (bicyclic) bond motifs is 2. The minimum absolute atomic E-state index is 0.239. The number of aromatic nitrogens is 4. The number of nitrogens with one attached hydrogen (secondary N) is 1. The zero-order valence-corrected chi connectivity index (χ0v) is 26.2. The van der Waals surface area contributed by atoms with Crippen molar-refractivity contribution in [2.24, 2.45) is 7.05 Å². The van der Waals surface area contributed by atoms with Crippen LogP contribution in [0, 0.1) is 6.92 Å². The van der Waals surface area contributed by atoms with Gasteiger partial charge in [0.1, 0.15) is 22.9 Å². The number of ether oxygens (including phenoxy) is 3. The summed E-state index contributed by atoms with van der Waals surface area (Å²) in [6.07, 6.45) is 6.04. The molecular formula is C34H39N7O4. The SMILES string of the molecule is COc1cc(-c2nc(N3CCN(C4CCOCC4)CC3)n3ccnc(C)c23)ccc1NC(=O)c1cc2c(OC)cccc2n1C. The molecule has 1 N–H and O–H groups in total. The molecule has 11 nitrogen and oxygen atoms in total. The first kappa shape index (κ1) is 29.1. The van der Waals surface area contributed by atoms with Crippen LogP contribution in [-0.4, -0.2) is 89.4 Å². The zero-order chi connectivity index (χ0) is 31.1. The molecule has 11 heteroatoms. The largest absolute Gasteiger partial charge is 0.496 e. The van der Waals surface area contributed by atoms with E-state index in [-0.39, 0.29) is 5.91 Å². The molecule has 2 aliphatic rings. The minimum atomic E-state index is -0.239. The van der Waals surface area contributed by atoms with E-state index in [0.717, 1.165) is 97.3 Å². The van der Waals surface area contributed by atoms with E-state index in [1.807, 2.05) is 73.4 Å². The lowest BCUT2D eigenvalue weighted by Crippen LogP contribution is -2.52. The molecule has 234 valence electrons. The van der Waals surface area contributed by atoms with Gasteiger partial charge < -0.3 is 29.0 Å². The molecule has 2 aromatic carbocycles. The second-order valence-electron chi connectivity index (χ2n) is 11.7. The molecule has 7 rings (SSSR count). The standard InChI is InChI=1S/C34H39N7O4/c1-22-32-31(37-34(41(32)13-12-35-22)40-16-14-39(15-17-40)24-10-18-45-19-11-24)23-8-9-26(30(20-23)44-4)36-33(42)28-21-25-27(38(28)2)6-5-7-29(25)43-3/h5-9,12-13,20-21,24H,10-11,14-19H2,1-4H3,(H,36,42). The first-order chi connectivity index (χ1) is 22.0. The Morgan fingerprint density at radius 2 is 1.78 bits per heavy atom. The van der Waals surface area contributed by atoms with E-state index >= 15 is 0 Å². The lowest BCUT2D eigenvalue weighted by molar-refractivity contribution is 0.0320. The number of methoxy groups -OCH3 is 2. The van der Waals surface area contributed by atoms with Crippen LogP contribution in [0.2, 0.25) is 0 Å². The van der Waals surface area contributed by atoms with E-state index in [9.17, 15) is 4.79 Å². The summed E-state index contributed by atoms with van der Waals surface area (Å²) in [6, 6.07) is 14.0. The van der Waals surface area contributed by atoms with Gasteiger partial charge in [0, 0.05) is 75.8 Å². The lowest BCUT2D eigenvalue weighted by Gasteiger charge is -2.40. The van der Waals surface area contributed by atoms with E-state index in [0.29, 0.717) is 23.2 Å². The molecule has 3 aromatic heterocycles. The summed E-state index contributed by atoms with van der Waals surface area (Å²) in [5, 5.41) is 3.93. The second kappa shape index (κ2) is 12.1. The van der Waals surface area contributed by atoms with Gasteiger partial charge in [0.05, 0.1) is 36.6 Å². The van der Waals surface area contributed by atoms with Gasteiger partial charge in [0.15, 0.2) is 0 Å². The Morgan fingerprint density at radius 1 is 1.00 bits per heavy atom. The predicted molar refractivity (Wildman–Crippen MR) is 175 cm³/mol. The fourth-order valence-electron chi connectivity index (χ4n) is 6.80. The van der Waals surface area contributed by atoms with Crippen molar-refractivity contribution in [3.8, 4) is 22.8 Å². The summed E-state index contributed by atoms with van der Waals surface area (Å²) in [5.74, 6) is 1.95. The van der Waals surface area contributed by atoms with Crippen LogP contribution in [0.3, 0.4) is 0 Å². The number of rotatable bonds is 7. The summed E-state index contributed by atoms with van der Waals surface area (Å²) in [7, 11) is 5.11. The average Bonchev–Trinajstić information content (AvgIpc) is 3.64. The number of hydrogen-bond acceptors (Lipinski definition) is 8. The maximum absolute atomic E-state index is 13.5. The van der Waals surface area contributed by atoms with Gasteiger partial charge in [0.25, 0.3) is 5.91 Å². The van der Waals surface area contributed by atoms with Crippen LogP contribution in [-0.2, 0) is 11.8 Å². The predicted octanol–water partition coefficient (Wildman–Crippen LogP) is 4.77. The second-order valence-corrected chi connectivity index (χ2v) is 11.7. The summed E-state index contributed by atoms with van der Waals surface area (Å²) in [6.45, 7) is 7.55. The number of carbonyl (C=O) groups is 1. The van der Waals surface area contributed by atoms with Gasteiger partial charge in [-0.15, -0.1) is 0 Å². The van der Waals surface area contributed by atoms with Gasteiger partial charge in [-0.25, -0.2) is 4.98 Å². The maximum Gasteiger partial charge on any atom is 0.272 e. The highest BCUT2D eigenvalue weighted by molar-refractivity contribution is 6.08. The van der Waals surface area contributed by atoms with Crippen LogP contribution in [0.15, 0.2) is 54.9 Å². The monoisotopic (exact) mass is 609 g/mol. The summed E-state index contributed by atoms with van der Waals surface area (Å²) < 4.78 is 20.9. The van der Waals surface area contributed by atoms with E-state index in [4.69, 9.17) is 19.2 Å². The highest BCUT2D eigenvalue weighted by Gasteiger charge is 2.28. The number of anilines is 2. The Morgan fingerprint density at radius 3 is 2.53 bits per heavy atom. The third-order valence-corrected chi connectivity index (χ3v) is 9.25. The van der Waals surface area contributed by atoms with Crippen molar-refractivity contribution in [1.82, 2.24) is 23.8 Å². The lowest BCUT2D eigenvalue weighted by atomic mass is 10.1. The van der Waals surface area contributed by atoms with E-state index in [1.165, 1.54) is 0 Å². The minimum Gasteiger partial charge on any atom is -0.496 e. The number of aryl methyl sites for hydroxylation is 2. The molecule has 2 saturated heterocycles. The summed E-state index contributed by atoms with van der Waals surface area (Å²) >= 11 is 0. The van der Waals surface area contributed by atoms with E-state index in [2.05, 4.69) is 24.5 Å². The Balaban J connectivity index is 1.17. The molecule has 5 heterocycles. The molecule has 0 saturated carbocycles. The number of piperazine rings is 1. The average molecular weight is 610 g/mol. The van der Waals surface area contributed by atoms with Crippen molar-refractivity contribution < 1.29 is 19.0 Å². The van der Waals surface area contributed by atoms with E-state index < -0.39 is 0 Å². The normalized spacial score (nSPS) is 16.4. The first-order valence-corrected chi connectivity index (χ1v) is 15.5. The van der Waals surface area contributed by atoms with Crippen molar-refractivity contribution in [3.63, 3.8) is 0 Å². The molecular weight excluding hydrogens is 570 g/mol. The smallest absolute Gasteiger partial charge is 0.272 e. The Bertz CT molecular complexity index is 1870. The highest BCUT2D eigenvalue weighted by atomic mass is 16.5. The Hall–Kier alpha value is -4.61. The summed E-state index contributed by atoms with van der Waals surface area (Å²) in [4.78, 5) is 28.3. The number of hydrogen-bond donors (Lipinski definition) is 1. The number of carbonyl (C=O) groups excluding carboxylic acids is 1. The zero-order valence-electron chi connectivity index (χ0n) is 26.2. The highest BCUT2D eigenvalue weighted by Crippen LogP contribution is 2.36. The van der Waals surface area contributed by atoms with Crippen molar-refractivity contribution in [1.29, 1.82) is 0 Å².